The number of nitrogens with zero attached hydrogens (tertiary/aromatic N) is 3. The number of fused-ring (bicyclic) bond motifs is 1. The highest BCUT2D eigenvalue weighted by Gasteiger charge is 2.39. The van der Waals surface area contributed by atoms with Crippen LogP contribution in [0.4, 0.5) is 19.1 Å². The fourth-order valence-corrected chi connectivity index (χ4v) is 2.22. The number of carboxylic acid groups (broad SMARTS) is 1. The Hall–Kier alpha value is -2.43. The first kappa shape index (κ1) is 17.9. The first-order chi connectivity index (χ1) is 11.2. The zero-order chi connectivity index (χ0) is 17.9. The number of aliphatic carboxylic acids is 1. The number of alkyl halides is 3. The van der Waals surface area contributed by atoms with Crippen molar-refractivity contribution < 1.29 is 32.6 Å². The Balaban J connectivity index is 0.000000256. The van der Waals surface area contributed by atoms with E-state index in [4.69, 9.17) is 14.6 Å². The smallest absolute Gasteiger partial charge is 0.475 e. The van der Waals surface area contributed by atoms with Gasteiger partial charge in [-0.15, -0.1) is 0 Å². The van der Waals surface area contributed by atoms with Crippen molar-refractivity contribution in [1.29, 1.82) is 0 Å². The summed E-state index contributed by atoms with van der Waals surface area (Å²) in [5.74, 6) is -2.10. The molecule has 3 heterocycles. The molecule has 0 spiro atoms. The van der Waals surface area contributed by atoms with E-state index < -0.39 is 12.1 Å². The van der Waals surface area contributed by atoms with Crippen molar-refractivity contribution >= 4 is 17.8 Å². The van der Waals surface area contributed by atoms with Crippen LogP contribution in [0.15, 0.2) is 12.4 Å². The maximum absolute atomic E-state index is 11.2. The largest absolute Gasteiger partial charge is 0.490 e. The van der Waals surface area contributed by atoms with Crippen LogP contribution in [0.3, 0.4) is 0 Å². The summed E-state index contributed by atoms with van der Waals surface area (Å²) in [5.41, 5.74) is 1.04. The zero-order valence-corrected chi connectivity index (χ0v) is 12.6. The van der Waals surface area contributed by atoms with Crippen LogP contribution in [0, 0.1) is 6.92 Å². The molecule has 2 atom stereocenters. The van der Waals surface area contributed by atoms with E-state index in [0.717, 1.165) is 12.1 Å². The van der Waals surface area contributed by atoms with Crippen molar-refractivity contribution in [2.24, 2.45) is 0 Å². The van der Waals surface area contributed by atoms with Gasteiger partial charge in [-0.25, -0.2) is 14.8 Å². The Bertz CT molecular complexity index is 608. The van der Waals surface area contributed by atoms with Gasteiger partial charge in [0.25, 0.3) is 0 Å². The number of halogens is 3. The number of aromatic nitrogens is 2. The lowest BCUT2D eigenvalue weighted by Crippen LogP contribution is -2.50. The summed E-state index contributed by atoms with van der Waals surface area (Å²) in [6.07, 6.45) is -1.44. The molecule has 0 bridgehead atoms. The second-order valence-corrected chi connectivity index (χ2v) is 5.29. The lowest BCUT2D eigenvalue weighted by atomic mass is 10.2. The minimum Gasteiger partial charge on any atom is -0.475 e. The number of anilines is 1. The average molecular weight is 348 g/mol. The minimum atomic E-state index is -5.08. The van der Waals surface area contributed by atoms with Gasteiger partial charge in [-0.05, 0) is 12.5 Å². The van der Waals surface area contributed by atoms with E-state index in [1.165, 1.54) is 0 Å². The summed E-state index contributed by atoms with van der Waals surface area (Å²) in [6, 6.07) is 0.0566. The quantitative estimate of drug-likeness (QED) is 0.743. The molecule has 0 aliphatic carbocycles. The maximum Gasteiger partial charge on any atom is 0.490 e. The lowest BCUT2D eigenvalue weighted by Gasteiger charge is -2.24. The van der Waals surface area contributed by atoms with Crippen LogP contribution < -0.4 is 10.2 Å². The number of carbonyl (C=O) groups is 2. The van der Waals surface area contributed by atoms with E-state index in [2.05, 4.69) is 15.3 Å². The van der Waals surface area contributed by atoms with Crippen LogP contribution >= 0.6 is 0 Å². The summed E-state index contributed by atoms with van der Waals surface area (Å²) in [5, 5.41) is 10.1. The lowest BCUT2D eigenvalue weighted by molar-refractivity contribution is -0.192. The number of hydrogen-bond acceptors (Lipinski definition) is 6. The summed E-state index contributed by atoms with van der Waals surface area (Å²) in [4.78, 5) is 30.7. The predicted octanol–water partition coefficient (Wildman–Crippen LogP) is 0.122. The van der Waals surface area contributed by atoms with Crippen LogP contribution in [0.1, 0.15) is 5.56 Å². The molecule has 2 aliphatic heterocycles. The molecule has 2 fully saturated rings. The van der Waals surface area contributed by atoms with E-state index in [9.17, 15) is 18.0 Å². The fraction of sp³-hybridized carbons (Fsp3) is 0.538. The second-order valence-electron chi connectivity index (χ2n) is 5.29. The molecule has 2 N–H and O–H groups in total. The van der Waals surface area contributed by atoms with Gasteiger partial charge in [0.05, 0.1) is 12.1 Å². The second kappa shape index (κ2) is 6.99. The Morgan fingerprint density at radius 1 is 1.38 bits per heavy atom. The van der Waals surface area contributed by atoms with Crippen molar-refractivity contribution in [3.8, 4) is 0 Å². The van der Waals surface area contributed by atoms with Crippen LogP contribution in [-0.2, 0) is 14.3 Å². The molecule has 2 saturated heterocycles. The normalized spacial score (nSPS) is 23.0. The fourth-order valence-electron chi connectivity index (χ4n) is 2.22. The Kier molecular flexibility index (Phi) is 5.22. The molecule has 1 aromatic rings. The number of ether oxygens (including phenoxy) is 1. The van der Waals surface area contributed by atoms with Crippen molar-refractivity contribution in [3.63, 3.8) is 0 Å². The molecule has 0 radical (unpaired) electrons. The summed E-state index contributed by atoms with van der Waals surface area (Å²) in [6.45, 7) is 3.55. The average Bonchev–Trinajstić information content (AvgIpc) is 2.90. The summed E-state index contributed by atoms with van der Waals surface area (Å²) >= 11 is 0. The van der Waals surface area contributed by atoms with Gasteiger partial charge in [-0.3, -0.25) is 4.79 Å². The van der Waals surface area contributed by atoms with Crippen molar-refractivity contribution in [1.82, 2.24) is 15.3 Å². The number of carbonyl (C=O) groups excluding carboxylic acids is 1. The topological polar surface area (TPSA) is 105 Å². The molecule has 8 nitrogen and oxygen atoms in total. The van der Waals surface area contributed by atoms with Gasteiger partial charge in [0.15, 0.2) is 0 Å². The number of aryl methyl sites for hydroxylation is 1. The van der Waals surface area contributed by atoms with Crippen LogP contribution in [0.5, 0.6) is 0 Å². The van der Waals surface area contributed by atoms with Gasteiger partial charge < -0.3 is 20.1 Å². The Labute approximate surface area is 134 Å². The standard InChI is InChI=1S/C11H14N4O2.C2HF3O2/c1-7-2-12-11(13-3-7)15-4-8-9(5-15)17-6-10(16)14-8;3-2(4,5)1(6)7/h2-3,8-9H,4-6H2,1H3,(H,14,16);(H,6,7)/t8-,9-;/m1./s1. The van der Waals surface area contributed by atoms with Crippen molar-refractivity contribution in [2.75, 3.05) is 24.6 Å². The van der Waals surface area contributed by atoms with Gasteiger partial charge in [-0.1, -0.05) is 0 Å². The first-order valence-corrected chi connectivity index (χ1v) is 6.91. The third-order valence-corrected chi connectivity index (χ3v) is 3.33. The van der Waals surface area contributed by atoms with Crippen molar-refractivity contribution in [3.05, 3.63) is 18.0 Å². The first-order valence-electron chi connectivity index (χ1n) is 6.91. The third kappa shape index (κ3) is 4.54. The Morgan fingerprint density at radius 3 is 2.50 bits per heavy atom. The third-order valence-electron chi connectivity index (χ3n) is 3.33. The van der Waals surface area contributed by atoms with E-state index in [1.807, 2.05) is 11.8 Å². The molecular weight excluding hydrogens is 333 g/mol. The van der Waals surface area contributed by atoms with E-state index in [1.54, 1.807) is 12.4 Å². The highest BCUT2D eigenvalue weighted by atomic mass is 19.4. The van der Waals surface area contributed by atoms with Gasteiger partial charge in [-0.2, -0.15) is 13.2 Å². The van der Waals surface area contributed by atoms with Crippen molar-refractivity contribution in [2.45, 2.75) is 25.2 Å². The molecule has 0 saturated carbocycles. The zero-order valence-electron chi connectivity index (χ0n) is 12.6. The molecule has 1 amide bonds. The van der Waals surface area contributed by atoms with Gasteiger partial charge in [0.2, 0.25) is 11.9 Å². The molecule has 2 aliphatic rings. The van der Waals surface area contributed by atoms with Gasteiger partial charge in [0, 0.05) is 25.5 Å². The van der Waals surface area contributed by atoms with Gasteiger partial charge in [0.1, 0.15) is 6.61 Å². The van der Waals surface area contributed by atoms with Crippen LogP contribution in [0.25, 0.3) is 0 Å². The van der Waals surface area contributed by atoms with E-state index in [0.29, 0.717) is 12.5 Å². The number of rotatable bonds is 1. The molecule has 24 heavy (non-hydrogen) atoms. The summed E-state index contributed by atoms with van der Waals surface area (Å²) < 4.78 is 37.2. The minimum absolute atomic E-state index is 0.0436. The predicted molar refractivity (Wildman–Crippen MR) is 74.3 cm³/mol. The van der Waals surface area contributed by atoms with Crippen LogP contribution in [-0.4, -0.2) is 65.0 Å². The molecule has 1 aromatic heterocycles. The molecule has 0 unspecified atom stereocenters. The van der Waals surface area contributed by atoms with Crippen LogP contribution in [0.2, 0.25) is 0 Å². The maximum atomic E-state index is 11.2. The number of hydrogen-bond donors (Lipinski definition) is 2. The SMILES string of the molecule is Cc1cnc(N2C[C@H]3NC(=O)CO[C@@H]3C2)nc1.O=C(O)C(F)(F)F. The van der Waals surface area contributed by atoms with E-state index >= 15 is 0 Å². The highest BCUT2D eigenvalue weighted by molar-refractivity contribution is 5.78. The molecule has 132 valence electrons. The molecule has 11 heteroatoms. The number of amides is 1. The monoisotopic (exact) mass is 348 g/mol. The number of morpholine rings is 1. The highest BCUT2D eigenvalue weighted by Crippen LogP contribution is 2.20. The van der Waals surface area contributed by atoms with E-state index in [-0.39, 0.29) is 24.7 Å². The Morgan fingerprint density at radius 2 is 1.96 bits per heavy atom. The molecular formula is C13H15F3N4O4. The summed E-state index contributed by atoms with van der Waals surface area (Å²) in [7, 11) is 0. The molecule has 3 rings (SSSR count). The number of carboxylic acids is 1. The van der Waals surface area contributed by atoms with Gasteiger partial charge >= 0.3 is 12.1 Å². The molecule has 0 aromatic carbocycles. The number of nitrogens with one attached hydrogen (secondary N) is 1.